The molecule has 0 amide bonds. The van der Waals surface area contributed by atoms with Crippen LogP contribution in [-0.4, -0.2) is 28.7 Å². The van der Waals surface area contributed by atoms with E-state index in [0.29, 0.717) is 41.8 Å². The Bertz CT molecular complexity index is 523. The summed E-state index contributed by atoms with van der Waals surface area (Å²) in [7, 11) is 1.94. The van der Waals surface area contributed by atoms with E-state index in [1.807, 2.05) is 7.05 Å². The summed E-state index contributed by atoms with van der Waals surface area (Å²) in [4.78, 5) is 24.0. The molecule has 0 unspecified atom stereocenters. The second kappa shape index (κ2) is 6.33. The van der Waals surface area contributed by atoms with Crippen LogP contribution < -0.4 is 0 Å². The molecule has 1 aromatic rings. The van der Waals surface area contributed by atoms with E-state index in [1.165, 1.54) is 12.1 Å². The fourth-order valence-electron chi connectivity index (χ4n) is 2.62. The van der Waals surface area contributed by atoms with Crippen LogP contribution in [0.15, 0.2) is 18.2 Å². The number of halogens is 1. The number of nitrogens with zero attached hydrogens (tertiary/aromatic N) is 2. The first kappa shape index (κ1) is 14.9. The zero-order valence-corrected chi connectivity index (χ0v) is 12.1. The molecular formula is C14H17ClN2O3. The van der Waals surface area contributed by atoms with E-state index in [-0.39, 0.29) is 10.6 Å². The maximum absolute atomic E-state index is 11.3. The standard InChI is InChI=1S/C14H17ClN2O3/c1-16(12-3-5-13(18)6-4-12)9-10-8-11(15)2-7-14(10)17(19)20/h2,7-8,12H,3-6,9H2,1H3. The number of nitro benzene ring substituents is 1. The second-order valence-electron chi connectivity index (χ2n) is 5.22. The lowest BCUT2D eigenvalue weighted by Gasteiger charge is -2.30. The Kier molecular flexibility index (Phi) is 4.73. The molecule has 0 saturated heterocycles. The highest BCUT2D eigenvalue weighted by molar-refractivity contribution is 6.30. The molecular weight excluding hydrogens is 280 g/mol. The number of ketones is 1. The zero-order valence-electron chi connectivity index (χ0n) is 11.3. The summed E-state index contributed by atoms with van der Waals surface area (Å²) in [6.45, 7) is 0.468. The Hall–Kier alpha value is -1.46. The molecule has 2 rings (SSSR count). The number of carbonyl (C=O) groups is 1. The molecule has 108 valence electrons. The second-order valence-corrected chi connectivity index (χ2v) is 5.65. The topological polar surface area (TPSA) is 63.4 Å². The number of Topliss-reactive ketones (excluding diaryl/α,β-unsaturated/α-hetero) is 1. The zero-order chi connectivity index (χ0) is 14.7. The van der Waals surface area contributed by atoms with Crippen molar-refractivity contribution in [3.05, 3.63) is 38.9 Å². The van der Waals surface area contributed by atoms with Crippen LogP contribution in [0.25, 0.3) is 0 Å². The smallest absolute Gasteiger partial charge is 0.273 e. The summed E-state index contributed by atoms with van der Waals surface area (Å²) in [5.41, 5.74) is 0.704. The fourth-order valence-corrected chi connectivity index (χ4v) is 2.82. The predicted molar refractivity (Wildman–Crippen MR) is 76.8 cm³/mol. The summed E-state index contributed by atoms with van der Waals surface area (Å²) in [5.74, 6) is 0.309. The van der Waals surface area contributed by atoms with Gasteiger partial charge in [-0.2, -0.15) is 0 Å². The Morgan fingerprint density at radius 1 is 1.40 bits per heavy atom. The minimum absolute atomic E-state index is 0.0909. The number of rotatable bonds is 4. The molecule has 1 aliphatic carbocycles. The van der Waals surface area contributed by atoms with Crippen molar-refractivity contribution in [1.29, 1.82) is 0 Å². The van der Waals surface area contributed by atoms with Crippen molar-refractivity contribution in [2.75, 3.05) is 7.05 Å². The first-order valence-corrected chi connectivity index (χ1v) is 7.00. The number of nitro groups is 1. The van der Waals surface area contributed by atoms with E-state index in [2.05, 4.69) is 4.90 Å². The van der Waals surface area contributed by atoms with Gasteiger partial charge in [0, 0.05) is 42.1 Å². The van der Waals surface area contributed by atoms with Gasteiger partial charge in [0.1, 0.15) is 5.78 Å². The third-order valence-corrected chi connectivity index (χ3v) is 4.03. The van der Waals surface area contributed by atoms with Gasteiger partial charge in [0.25, 0.3) is 5.69 Å². The van der Waals surface area contributed by atoms with Gasteiger partial charge in [-0.3, -0.25) is 19.8 Å². The lowest BCUT2D eigenvalue weighted by molar-refractivity contribution is -0.385. The number of hydrogen-bond donors (Lipinski definition) is 0. The molecule has 1 saturated carbocycles. The summed E-state index contributed by atoms with van der Waals surface area (Å²) >= 11 is 5.92. The van der Waals surface area contributed by atoms with Crippen molar-refractivity contribution in [3.8, 4) is 0 Å². The summed E-state index contributed by atoms with van der Waals surface area (Å²) < 4.78 is 0. The molecule has 0 spiro atoms. The van der Waals surface area contributed by atoms with E-state index in [0.717, 1.165) is 12.8 Å². The van der Waals surface area contributed by atoms with Gasteiger partial charge in [-0.25, -0.2) is 0 Å². The van der Waals surface area contributed by atoms with Crippen LogP contribution in [0.3, 0.4) is 0 Å². The average molecular weight is 297 g/mol. The molecule has 0 radical (unpaired) electrons. The maximum Gasteiger partial charge on any atom is 0.273 e. The molecule has 0 heterocycles. The highest BCUT2D eigenvalue weighted by atomic mass is 35.5. The Morgan fingerprint density at radius 2 is 2.05 bits per heavy atom. The average Bonchev–Trinajstić information content (AvgIpc) is 2.39. The van der Waals surface area contributed by atoms with Crippen molar-refractivity contribution in [3.63, 3.8) is 0 Å². The van der Waals surface area contributed by atoms with Crippen LogP contribution in [-0.2, 0) is 11.3 Å². The molecule has 5 nitrogen and oxygen atoms in total. The van der Waals surface area contributed by atoms with E-state index >= 15 is 0 Å². The number of hydrogen-bond acceptors (Lipinski definition) is 4. The molecule has 0 aliphatic heterocycles. The van der Waals surface area contributed by atoms with Crippen molar-refractivity contribution in [1.82, 2.24) is 4.90 Å². The third-order valence-electron chi connectivity index (χ3n) is 3.79. The van der Waals surface area contributed by atoms with Gasteiger partial charge in [-0.1, -0.05) is 11.6 Å². The first-order chi connectivity index (χ1) is 9.47. The number of carbonyl (C=O) groups excluding carboxylic acids is 1. The molecule has 0 bridgehead atoms. The van der Waals surface area contributed by atoms with Gasteiger partial charge in [0.15, 0.2) is 0 Å². The largest absolute Gasteiger partial charge is 0.300 e. The molecule has 20 heavy (non-hydrogen) atoms. The third kappa shape index (κ3) is 3.55. The molecule has 1 fully saturated rings. The maximum atomic E-state index is 11.3. The Balaban J connectivity index is 2.10. The van der Waals surface area contributed by atoms with Crippen molar-refractivity contribution < 1.29 is 9.72 Å². The van der Waals surface area contributed by atoms with Crippen LogP contribution in [0.5, 0.6) is 0 Å². The van der Waals surface area contributed by atoms with Crippen LogP contribution in [0.2, 0.25) is 5.02 Å². The molecule has 0 aromatic heterocycles. The Morgan fingerprint density at radius 3 is 2.65 bits per heavy atom. The minimum Gasteiger partial charge on any atom is -0.300 e. The van der Waals surface area contributed by atoms with Crippen LogP contribution in [0.4, 0.5) is 5.69 Å². The summed E-state index contributed by atoms with van der Waals surface area (Å²) in [5, 5.41) is 11.5. The first-order valence-electron chi connectivity index (χ1n) is 6.62. The molecule has 0 atom stereocenters. The minimum atomic E-state index is -0.385. The van der Waals surface area contributed by atoms with Gasteiger partial charge >= 0.3 is 0 Å². The van der Waals surface area contributed by atoms with Gasteiger partial charge < -0.3 is 0 Å². The van der Waals surface area contributed by atoms with Crippen molar-refractivity contribution >= 4 is 23.1 Å². The van der Waals surface area contributed by atoms with E-state index in [1.54, 1.807) is 6.07 Å². The SMILES string of the molecule is CN(Cc1cc(Cl)ccc1[N+](=O)[O-])C1CCC(=O)CC1. The normalized spacial score (nSPS) is 16.6. The van der Waals surface area contributed by atoms with Gasteiger partial charge in [-0.15, -0.1) is 0 Å². The lowest BCUT2D eigenvalue weighted by Crippen LogP contribution is -2.34. The predicted octanol–water partition coefficient (Wildman–Crippen LogP) is 3.19. The summed E-state index contributed by atoms with van der Waals surface area (Å²) in [6, 6.07) is 4.91. The van der Waals surface area contributed by atoms with Gasteiger partial charge in [0.2, 0.25) is 0 Å². The Labute approximate surface area is 122 Å². The monoisotopic (exact) mass is 296 g/mol. The number of benzene rings is 1. The highest BCUT2D eigenvalue weighted by Crippen LogP contribution is 2.26. The van der Waals surface area contributed by atoms with E-state index in [9.17, 15) is 14.9 Å². The van der Waals surface area contributed by atoms with Crippen molar-refractivity contribution in [2.45, 2.75) is 38.3 Å². The van der Waals surface area contributed by atoms with Crippen LogP contribution in [0.1, 0.15) is 31.2 Å². The fraction of sp³-hybridized carbons (Fsp3) is 0.500. The van der Waals surface area contributed by atoms with Crippen LogP contribution >= 0.6 is 11.6 Å². The van der Waals surface area contributed by atoms with E-state index < -0.39 is 0 Å². The van der Waals surface area contributed by atoms with Crippen LogP contribution in [0, 0.1) is 10.1 Å². The summed E-state index contributed by atoms with van der Waals surface area (Å²) in [6.07, 6.45) is 2.85. The van der Waals surface area contributed by atoms with Gasteiger partial charge in [0.05, 0.1) is 4.92 Å². The quantitative estimate of drug-likeness (QED) is 0.632. The molecule has 1 aromatic carbocycles. The lowest BCUT2D eigenvalue weighted by atomic mass is 9.93. The molecule has 0 N–H and O–H groups in total. The molecule has 6 heteroatoms. The van der Waals surface area contributed by atoms with Gasteiger partial charge in [-0.05, 0) is 32.0 Å². The van der Waals surface area contributed by atoms with Crippen molar-refractivity contribution in [2.24, 2.45) is 0 Å². The highest BCUT2D eigenvalue weighted by Gasteiger charge is 2.24. The van der Waals surface area contributed by atoms with E-state index in [4.69, 9.17) is 11.6 Å². The molecule has 1 aliphatic rings.